The molecule has 0 N–H and O–H groups in total. The van der Waals surface area contributed by atoms with Gasteiger partial charge in [0.1, 0.15) is 52.7 Å². The van der Waals surface area contributed by atoms with Gasteiger partial charge in [0, 0.05) is 11.6 Å². The van der Waals surface area contributed by atoms with Crippen LogP contribution in [0.15, 0.2) is 66.9 Å². The zero-order valence-electron chi connectivity index (χ0n) is 31.6. The van der Waals surface area contributed by atoms with E-state index in [-0.39, 0.29) is 5.78 Å². The van der Waals surface area contributed by atoms with Crippen LogP contribution in [-0.2, 0) is 6.54 Å². The Morgan fingerprint density at radius 1 is 0.394 bits per heavy atom. The molecule has 0 saturated heterocycles. The average molecular weight is 1020 g/mol. The minimum absolute atomic E-state index is 0.0998. The maximum atomic E-state index is 15.4. The Balaban J connectivity index is 0.000000284. The summed E-state index contributed by atoms with van der Waals surface area (Å²) in [6.45, 7) is 0.694. The smallest absolute Gasteiger partial charge is 0.257 e. The van der Waals surface area contributed by atoms with Crippen molar-refractivity contribution in [2.24, 2.45) is 0 Å². The van der Waals surface area contributed by atoms with Crippen LogP contribution in [0.3, 0.4) is 0 Å². The monoisotopic (exact) mass is 1020 g/mol. The van der Waals surface area contributed by atoms with Crippen molar-refractivity contribution < 1.29 is 97.2 Å². The summed E-state index contributed by atoms with van der Waals surface area (Å²) >= 11 is 3.29. The van der Waals surface area contributed by atoms with Gasteiger partial charge in [-0.15, -0.1) is 21.9 Å². The van der Waals surface area contributed by atoms with Crippen LogP contribution in [0.2, 0.25) is 0 Å². The Morgan fingerprint density at radius 2 is 0.682 bits per heavy atom. The highest BCUT2D eigenvalue weighted by Gasteiger charge is 2.52. The number of halogens is 21. The summed E-state index contributed by atoms with van der Waals surface area (Å²) in [7, 11) is 0. The summed E-state index contributed by atoms with van der Waals surface area (Å²) in [5.74, 6) is -71.3. The minimum Gasteiger partial charge on any atom is -0.286 e. The van der Waals surface area contributed by atoms with Crippen molar-refractivity contribution in [2.45, 2.75) is 6.54 Å². The van der Waals surface area contributed by atoms with E-state index >= 15 is 35.1 Å². The van der Waals surface area contributed by atoms with Crippen LogP contribution >= 0.6 is 15.9 Å². The number of alkyl halides is 1. The number of rotatable bonds is 8. The summed E-state index contributed by atoms with van der Waals surface area (Å²) in [5.41, 5.74) is -12.4. The van der Waals surface area contributed by atoms with Crippen LogP contribution in [0.4, 0.5) is 87.8 Å². The summed E-state index contributed by atoms with van der Waals surface area (Å²) in [5, 5.41) is 2.42. The van der Waals surface area contributed by atoms with E-state index in [1.807, 2.05) is 53.2 Å². The van der Waals surface area contributed by atoms with Gasteiger partial charge in [-0.05, 0) is 11.5 Å². The van der Waals surface area contributed by atoms with Crippen LogP contribution in [0.25, 0.3) is 10.8 Å². The molecule has 1 aromatic heterocycles. The Kier molecular flexibility index (Phi) is 13.7. The van der Waals surface area contributed by atoms with Gasteiger partial charge in [0.15, 0.2) is 82.5 Å². The first-order chi connectivity index (χ1) is 31.0. The van der Waals surface area contributed by atoms with Gasteiger partial charge < -0.3 is 0 Å². The lowest BCUT2D eigenvalue weighted by molar-refractivity contribution is -0.688. The number of hydrogen-bond acceptors (Lipinski definition) is 1. The fourth-order valence-corrected chi connectivity index (χ4v) is 7.68. The van der Waals surface area contributed by atoms with Gasteiger partial charge in [-0.3, -0.25) is 4.79 Å². The number of carbonyl (C=O) groups is 1. The highest BCUT2D eigenvalue weighted by molar-refractivity contribution is 9.09. The lowest BCUT2D eigenvalue weighted by atomic mass is 9.12. The van der Waals surface area contributed by atoms with Crippen molar-refractivity contribution in [3.63, 3.8) is 0 Å². The number of benzene rings is 6. The molecule has 0 aliphatic heterocycles. The van der Waals surface area contributed by atoms with E-state index in [0.717, 1.165) is 16.5 Å². The molecule has 66 heavy (non-hydrogen) atoms. The summed E-state index contributed by atoms with van der Waals surface area (Å²) in [6, 6.07) is 20.2. The van der Waals surface area contributed by atoms with Crippen LogP contribution in [0.1, 0.15) is 16.1 Å². The number of pyridine rings is 1. The molecular weight excluding hydrogens is 1010 g/mol. The van der Waals surface area contributed by atoms with Crippen molar-refractivity contribution in [3.8, 4) is 0 Å². The number of nitrogens with zero attached hydrogens (tertiary/aromatic N) is 1. The Hall–Kier alpha value is -6.46. The third-order valence-electron chi connectivity index (χ3n) is 10.2. The Bertz CT molecular complexity index is 2750. The lowest BCUT2D eigenvalue weighted by Crippen LogP contribution is -2.81. The largest absolute Gasteiger partial charge is 0.286 e. The molecule has 0 saturated carbocycles. The van der Waals surface area contributed by atoms with Gasteiger partial charge in [-0.2, -0.15) is 4.57 Å². The molecule has 0 unspecified atom stereocenters. The first-order valence-corrected chi connectivity index (χ1v) is 18.9. The average Bonchev–Trinajstić information content (AvgIpc) is 3.31. The van der Waals surface area contributed by atoms with Crippen LogP contribution in [0.5, 0.6) is 0 Å². The van der Waals surface area contributed by atoms with Crippen LogP contribution in [-0.4, -0.2) is 17.3 Å². The van der Waals surface area contributed by atoms with Gasteiger partial charge in [0.2, 0.25) is 5.78 Å². The van der Waals surface area contributed by atoms with E-state index in [1.54, 1.807) is 0 Å². The maximum Gasteiger partial charge on any atom is 0.257 e. The molecule has 1 heterocycles. The predicted molar refractivity (Wildman–Crippen MR) is 197 cm³/mol. The second-order valence-corrected chi connectivity index (χ2v) is 14.3. The molecule has 0 fully saturated rings. The molecule has 24 heteroatoms. The molecule has 2 nitrogen and oxygen atoms in total. The highest BCUT2D eigenvalue weighted by atomic mass is 79.9. The second-order valence-electron chi connectivity index (χ2n) is 13.7. The zero-order chi connectivity index (χ0) is 49.0. The lowest BCUT2D eigenvalue weighted by Gasteiger charge is -2.44. The minimum atomic E-state index is -7.22. The standard InChI is InChI=1S/C24BF20.C18H15BrNO/c26-5-1(6(27)14(35)21(42)13(5)34)25(2-7(28)15(36)22(43)16(37)8(2)29,3-9(30)17(38)23(44)18(39)10(3)31)4-11(32)19(40)24(45)20(41)12(4)33;19-12-17(21)18-16-9-5-4-8-15(16)10-11-20(18)13-14-6-2-1-3-7-14/h;1-11H,12-13H2/q-1;+1. The summed E-state index contributed by atoms with van der Waals surface area (Å²) in [4.78, 5) is 12.4. The highest BCUT2D eigenvalue weighted by Crippen LogP contribution is 2.31. The number of aromatic nitrogens is 1. The van der Waals surface area contributed by atoms with E-state index in [4.69, 9.17) is 0 Å². The molecular formula is C42H15BBrF20NO. The molecule has 6 aromatic carbocycles. The van der Waals surface area contributed by atoms with Crippen molar-refractivity contribution in [3.05, 3.63) is 194 Å². The van der Waals surface area contributed by atoms with E-state index < -0.39 is 144 Å². The van der Waals surface area contributed by atoms with Gasteiger partial charge in [-0.1, -0.05) is 64.5 Å². The molecule has 0 aliphatic carbocycles. The van der Waals surface area contributed by atoms with Crippen LogP contribution in [0, 0.1) is 116 Å². The van der Waals surface area contributed by atoms with Gasteiger partial charge >= 0.3 is 0 Å². The predicted octanol–water partition coefficient (Wildman–Crippen LogP) is 9.60. The van der Waals surface area contributed by atoms with Gasteiger partial charge in [0.25, 0.3) is 5.69 Å². The summed E-state index contributed by atoms with van der Waals surface area (Å²) in [6.07, 6.45) is -5.23. The third-order valence-corrected chi connectivity index (χ3v) is 10.7. The number of fused-ring (bicyclic) bond motifs is 1. The molecule has 0 aliphatic rings. The molecule has 0 spiro atoms. The first-order valence-electron chi connectivity index (χ1n) is 17.8. The van der Waals surface area contributed by atoms with Gasteiger partial charge in [-0.25, -0.2) is 87.8 Å². The topological polar surface area (TPSA) is 20.9 Å². The van der Waals surface area contributed by atoms with Crippen molar-refractivity contribution in [1.29, 1.82) is 0 Å². The maximum absolute atomic E-state index is 15.4. The molecule has 0 amide bonds. The molecule has 7 aromatic rings. The SMILES string of the molecule is Fc1c(F)c(F)c([B-](c2c(F)c(F)c(F)c(F)c2F)(c2c(F)c(F)c(F)c(F)c2F)c2c(F)c(F)c(F)c(F)c2F)c(F)c1F.O=C(CBr)c1c2ccccc2cc[n+]1Cc1ccccc1. The van der Waals surface area contributed by atoms with E-state index in [1.165, 1.54) is 5.56 Å². The van der Waals surface area contributed by atoms with Gasteiger partial charge in [0.05, 0.1) is 10.7 Å². The number of hydrogen-bond donors (Lipinski definition) is 0. The van der Waals surface area contributed by atoms with Crippen molar-refractivity contribution >= 4 is 60.5 Å². The molecule has 0 atom stereocenters. The van der Waals surface area contributed by atoms with Crippen LogP contribution < -0.4 is 26.4 Å². The van der Waals surface area contributed by atoms with E-state index in [2.05, 4.69) is 34.1 Å². The number of ketones is 1. The molecule has 7 rings (SSSR count). The fraction of sp³-hybridized carbons (Fsp3) is 0.0476. The number of Topliss-reactive ketones (excluding diaryl/α,β-unsaturated/α-hetero) is 1. The third kappa shape index (κ3) is 7.60. The normalized spacial score (nSPS) is 11.6. The Morgan fingerprint density at radius 3 is 1.00 bits per heavy atom. The molecule has 344 valence electrons. The van der Waals surface area contributed by atoms with Crippen molar-refractivity contribution in [2.75, 3.05) is 5.33 Å². The first kappa shape index (κ1) is 49.0. The zero-order valence-corrected chi connectivity index (χ0v) is 33.2. The second kappa shape index (κ2) is 18.4. The Labute approximate surface area is 363 Å². The summed E-state index contributed by atoms with van der Waals surface area (Å²) < 4.78 is 296. The fourth-order valence-electron chi connectivity index (χ4n) is 7.42. The van der Waals surface area contributed by atoms with Crippen molar-refractivity contribution in [1.82, 2.24) is 0 Å². The number of carbonyl (C=O) groups excluding carboxylic acids is 1. The van der Waals surface area contributed by atoms with E-state index in [9.17, 15) is 57.5 Å². The van der Waals surface area contributed by atoms with E-state index in [0.29, 0.717) is 11.9 Å². The molecule has 0 radical (unpaired) electrons. The molecule has 0 bridgehead atoms. The quantitative estimate of drug-likeness (QED) is 0.0283.